The van der Waals surface area contributed by atoms with E-state index in [2.05, 4.69) is 257 Å². The first-order chi connectivity index (χ1) is 37.8. The number of benzene rings is 8. The van der Waals surface area contributed by atoms with Crippen molar-refractivity contribution in [3.8, 4) is 55.6 Å². The van der Waals surface area contributed by atoms with Gasteiger partial charge in [-0.25, -0.2) is 0 Å². The van der Waals surface area contributed by atoms with Crippen LogP contribution >= 0.6 is 17.0 Å². The summed E-state index contributed by atoms with van der Waals surface area (Å²) in [5.74, 6) is 2.04. The van der Waals surface area contributed by atoms with Gasteiger partial charge >= 0.3 is 37.9 Å². The molecule has 1 heterocycles. The minimum Gasteiger partial charge on any atom is -0.184 e. The molecule has 0 aromatic heterocycles. The molecular weight excluding hydrogens is 1080 g/mol. The number of rotatable bonds is 14. The molecule has 0 fully saturated rings. The first-order valence-electron chi connectivity index (χ1n) is 28.5. The summed E-state index contributed by atoms with van der Waals surface area (Å²) >= 11 is -0.826. The Kier molecular flexibility index (Phi) is 21.2. The molecule has 0 bridgehead atoms. The van der Waals surface area contributed by atoms with E-state index in [1.54, 1.807) is 0 Å². The number of halogens is 2. The van der Waals surface area contributed by atoms with Crippen LogP contribution in [0.1, 0.15) is 152 Å². The van der Waals surface area contributed by atoms with Gasteiger partial charge in [-0.1, -0.05) is 250 Å². The molecule has 4 heteroatoms. The van der Waals surface area contributed by atoms with E-state index in [0.29, 0.717) is 23.7 Å². The second kappa shape index (κ2) is 28.2. The van der Waals surface area contributed by atoms with Gasteiger partial charge in [-0.05, 0) is 92.1 Å². The SMILES string of the molecule is CCCCc1cc2c(-c3cc(C(C)C)cc(C(C)C)c3)c(-c3ccccc3)ccc2[cH-]1.CCCCc1cc2c(-c3cc(C(C)C)cc(C(C)C)c3)c(-c3ccccc3)ccc2[cH-]1.[Cl][Zr][Cl].[c-]1cccc2c1[Si]c1ccccc1-2. The van der Waals surface area contributed by atoms with Crippen LogP contribution in [0.5, 0.6) is 0 Å². The van der Waals surface area contributed by atoms with Gasteiger partial charge in [0.15, 0.2) is 0 Å². The molecule has 0 atom stereocenters. The molecule has 10 aromatic rings. The van der Waals surface area contributed by atoms with Gasteiger partial charge in [0.2, 0.25) is 0 Å². The molecule has 0 aliphatic carbocycles. The van der Waals surface area contributed by atoms with Crippen molar-refractivity contribution in [3.05, 3.63) is 228 Å². The number of hydrogen-bond acceptors (Lipinski definition) is 0. The van der Waals surface area contributed by atoms with E-state index in [1.165, 1.54) is 147 Å². The van der Waals surface area contributed by atoms with Crippen molar-refractivity contribution in [2.24, 2.45) is 0 Å². The summed E-state index contributed by atoms with van der Waals surface area (Å²) < 4.78 is 0. The minimum absolute atomic E-state index is 0.511. The Morgan fingerprint density at radius 1 is 0.436 bits per heavy atom. The largest absolute Gasteiger partial charge is 0.184 e. The zero-order chi connectivity index (χ0) is 55.3. The number of unbranched alkanes of at least 4 members (excludes halogenated alkanes) is 2. The van der Waals surface area contributed by atoms with Gasteiger partial charge in [0.05, 0.1) is 9.52 Å². The molecule has 398 valence electrons. The van der Waals surface area contributed by atoms with E-state index in [-0.39, 0.29) is 0 Å². The van der Waals surface area contributed by atoms with Crippen molar-refractivity contribution in [1.29, 1.82) is 0 Å². The number of aryl methyl sites for hydroxylation is 2. The van der Waals surface area contributed by atoms with Gasteiger partial charge in [0.1, 0.15) is 0 Å². The number of hydrogen-bond donors (Lipinski definition) is 0. The molecule has 1 aliphatic rings. The summed E-state index contributed by atoms with van der Waals surface area (Å²) in [5, 5.41) is 8.33. The molecule has 2 radical (unpaired) electrons. The number of fused-ring (bicyclic) bond motifs is 5. The van der Waals surface area contributed by atoms with E-state index < -0.39 is 20.8 Å². The van der Waals surface area contributed by atoms with Crippen LogP contribution in [0, 0.1) is 6.07 Å². The van der Waals surface area contributed by atoms with E-state index in [0.717, 1.165) is 22.4 Å². The molecule has 0 amide bonds. The summed E-state index contributed by atoms with van der Waals surface area (Å²) in [4.78, 5) is 0. The molecule has 0 spiro atoms. The van der Waals surface area contributed by atoms with E-state index in [9.17, 15) is 0 Å². The van der Waals surface area contributed by atoms with Gasteiger partial charge < -0.3 is 0 Å². The summed E-state index contributed by atoms with van der Waals surface area (Å²) in [7, 11) is 10.7. The molecule has 0 N–H and O–H groups in total. The van der Waals surface area contributed by atoms with Gasteiger partial charge in [0, 0.05) is 0 Å². The average molecular weight is 1160 g/mol. The first-order valence-corrected chi connectivity index (χ1v) is 35.8. The average Bonchev–Trinajstić information content (AvgIpc) is 4.31. The van der Waals surface area contributed by atoms with Crippen LogP contribution in [0.15, 0.2) is 188 Å². The molecule has 0 unspecified atom stereocenters. The predicted octanol–water partition coefficient (Wildman–Crippen LogP) is 21.5. The second-order valence-corrected chi connectivity index (χ2v) is 27.3. The quantitative estimate of drug-likeness (QED) is 0.0752. The standard InChI is InChI=1S/2C31H35.C12H7Si.2ClH.Zr/c2*1-6-7-11-23-16-25-14-15-29(24-12-9-8-10-13-24)31(30(25)17-23)28-19-26(21(2)3)18-27(20-28)22(4)5;1-3-7-11-9(5-1)10-6-2-4-8-12(10)13-11;;;/h2*8-10,12-22H,6-7,11H2,1-5H3;1-7H;2*1H;/q3*-1;;;+2/p-2. The predicted molar refractivity (Wildman–Crippen MR) is 342 cm³/mol. The van der Waals surface area contributed by atoms with Crippen LogP contribution in [0.4, 0.5) is 0 Å². The fraction of sp³-hybridized carbons (Fsp3) is 0.270. The van der Waals surface area contributed by atoms with Crippen molar-refractivity contribution in [3.63, 3.8) is 0 Å². The first kappa shape index (κ1) is 58.8. The molecule has 0 saturated heterocycles. The van der Waals surface area contributed by atoms with Crippen molar-refractivity contribution in [2.45, 2.75) is 131 Å². The summed E-state index contributed by atoms with van der Waals surface area (Å²) in [5.41, 5.74) is 22.1. The fourth-order valence-corrected chi connectivity index (χ4v) is 12.1. The fourth-order valence-electron chi connectivity index (χ4n) is 10.8. The van der Waals surface area contributed by atoms with Crippen LogP contribution < -0.4 is 10.4 Å². The van der Waals surface area contributed by atoms with Crippen LogP contribution in [-0.2, 0) is 33.7 Å². The van der Waals surface area contributed by atoms with E-state index >= 15 is 0 Å². The van der Waals surface area contributed by atoms with Crippen molar-refractivity contribution < 1.29 is 20.8 Å². The van der Waals surface area contributed by atoms with Crippen molar-refractivity contribution in [2.75, 3.05) is 0 Å². The third-order valence-corrected chi connectivity index (χ3v) is 16.6. The Hall–Kier alpha value is -5.34. The van der Waals surface area contributed by atoms with Crippen molar-refractivity contribution >= 4 is 58.5 Å². The van der Waals surface area contributed by atoms with E-state index in [1.807, 2.05) is 6.07 Å². The maximum atomic E-state index is 4.93. The van der Waals surface area contributed by atoms with E-state index in [4.69, 9.17) is 17.0 Å². The topological polar surface area (TPSA) is 0 Å². The Morgan fingerprint density at radius 3 is 1.24 bits per heavy atom. The van der Waals surface area contributed by atoms with Gasteiger partial charge in [-0.15, -0.1) is 62.5 Å². The Bertz CT molecular complexity index is 3230. The normalized spacial score (nSPS) is 11.5. The van der Waals surface area contributed by atoms with Crippen molar-refractivity contribution in [1.82, 2.24) is 0 Å². The molecule has 0 nitrogen and oxygen atoms in total. The van der Waals surface area contributed by atoms with Crippen LogP contribution in [-0.4, -0.2) is 9.52 Å². The summed E-state index contributed by atoms with van der Waals surface area (Å²) in [6.45, 7) is 22.9. The molecule has 10 aromatic carbocycles. The maximum Gasteiger partial charge on any atom is 0.0920 e. The summed E-state index contributed by atoms with van der Waals surface area (Å²) in [6, 6.07) is 73.4. The Labute approximate surface area is 489 Å². The molecule has 1 aliphatic heterocycles. The van der Waals surface area contributed by atoms with Crippen LogP contribution in [0.2, 0.25) is 0 Å². The third kappa shape index (κ3) is 14.3. The molecule has 0 saturated carbocycles. The summed E-state index contributed by atoms with van der Waals surface area (Å²) in [6.07, 6.45) is 7.29. The molecular formula is C74H77Cl2SiZr-3. The molecule has 78 heavy (non-hydrogen) atoms. The van der Waals surface area contributed by atoms with Crippen LogP contribution in [0.3, 0.4) is 0 Å². The Balaban J connectivity index is 0.000000161. The monoisotopic (exact) mass is 1150 g/mol. The van der Waals surface area contributed by atoms with Gasteiger partial charge in [-0.3, -0.25) is 0 Å². The zero-order valence-corrected chi connectivity index (χ0v) is 52.7. The van der Waals surface area contributed by atoms with Gasteiger partial charge in [-0.2, -0.15) is 41.6 Å². The minimum atomic E-state index is -0.826. The maximum absolute atomic E-state index is 4.93. The Morgan fingerprint density at radius 2 is 0.833 bits per heavy atom. The zero-order valence-electron chi connectivity index (χ0n) is 47.7. The second-order valence-electron chi connectivity index (χ2n) is 22.2. The third-order valence-electron chi connectivity index (χ3n) is 15.2. The smallest absolute Gasteiger partial charge is 0.0920 e. The molecule has 11 rings (SSSR count). The van der Waals surface area contributed by atoms with Crippen LogP contribution in [0.25, 0.3) is 77.2 Å². The van der Waals surface area contributed by atoms with Gasteiger partial charge in [0.25, 0.3) is 0 Å².